The lowest BCUT2D eigenvalue weighted by Gasteiger charge is -2.56. The molecule has 3 N–H and O–H groups in total. The summed E-state index contributed by atoms with van der Waals surface area (Å²) in [4.78, 5) is 12.6. The molecule has 3 saturated carbocycles. The number of ether oxygens (including phenoxy) is 1. The third kappa shape index (κ3) is 2.30. The SMILES string of the molecule is CC1(CO)CCCC1NC(=O)NC1C2CCOC2C12CCCC2. The van der Waals surface area contributed by atoms with Crippen LogP contribution in [0.3, 0.4) is 0 Å². The Kier molecular flexibility index (Phi) is 3.84. The van der Waals surface area contributed by atoms with Gasteiger partial charge in [-0.05, 0) is 32.1 Å². The molecule has 0 aromatic rings. The molecule has 0 bridgehead atoms. The molecule has 4 fully saturated rings. The van der Waals surface area contributed by atoms with Gasteiger partial charge in [-0.3, -0.25) is 0 Å². The average molecular weight is 322 g/mol. The van der Waals surface area contributed by atoms with Gasteiger partial charge in [-0.1, -0.05) is 26.2 Å². The molecule has 5 nitrogen and oxygen atoms in total. The molecule has 0 aromatic heterocycles. The Balaban J connectivity index is 1.40. The van der Waals surface area contributed by atoms with Crippen LogP contribution >= 0.6 is 0 Å². The van der Waals surface area contributed by atoms with Gasteiger partial charge in [0.1, 0.15) is 0 Å². The van der Waals surface area contributed by atoms with Crippen LogP contribution in [0.2, 0.25) is 0 Å². The van der Waals surface area contributed by atoms with E-state index >= 15 is 0 Å². The second-order valence-corrected chi connectivity index (χ2v) is 8.54. The minimum atomic E-state index is -0.166. The molecule has 4 rings (SSSR count). The van der Waals surface area contributed by atoms with Gasteiger partial charge < -0.3 is 20.5 Å². The maximum atomic E-state index is 12.6. The van der Waals surface area contributed by atoms with Gasteiger partial charge in [0.05, 0.1) is 12.7 Å². The van der Waals surface area contributed by atoms with Crippen LogP contribution in [0.1, 0.15) is 58.3 Å². The average Bonchev–Trinajstić information content (AvgIpc) is 3.24. The predicted molar refractivity (Wildman–Crippen MR) is 87.0 cm³/mol. The summed E-state index contributed by atoms with van der Waals surface area (Å²) in [5.74, 6) is 0.506. The van der Waals surface area contributed by atoms with Gasteiger partial charge in [0.15, 0.2) is 0 Å². The fourth-order valence-electron chi connectivity index (χ4n) is 5.91. The van der Waals surface area contributed by atoms with E-state index in [0.29, 0.717) is 12.0 Å². The number of aliphatic hydroxyl groups is 1. The zero-order valence-electron chi connectivity index (χ0n) is 14.1. The van der Waals surface area contributed by atoms with Crippen LogP contribution in [0, 0.1) is 16.7 Å². The summed E-state index contributed by atoms with van der Waals surface area (Å²) in [7, 11) is 0. The summed E-state index contributed by atoms with van der Waals surface area (Å²) in [5, 5.41) is 16.1. The monoisotopic (exact) mass is 322 g/mol. The lowest BCUT2D eigenvalue weighted by atomic mass is 9.54. The van der Waals surface area contributed by atoms with Crippen LogP contribution in [-0.4, -0.2) is 42.5 Å². The summed E-state index contributed by atoms with van der Waals surface area (Å²) in [6.45, 7) is 3.07. The lowest BCUT2D eigenvalue weighted by molar-refractivity contribution is -0.126. The van der Waals surface area contributed by atoms with Crippen molar-refractivity contribution >= 4 is 6.03 Å². The largest absolute Gasteiger partial charge is 0.396 e. The van der Waals surface area contributed by atoms with Gasteiger partial charge in [0, 0.05) is 35.4 Å². The van der Waals surface area contributed by atoms with Crippen LogP contribution in [0.4, 0.5) is 4.79 Å². The van der Waals surface area contributed by atoms with Crippen LogP contribution < -0.4 is 10.6 Å². The number of fused-ring (bicyclic) bond motifs is 2. The van der Waals surface area contributed by atoms with Gasteiger partial charge in [0.2, 0.25) is 0 Å². The third-order valence-corrected chi connectivity index (χ3v) is 7.32. The summed E-state index contributed by atoms with van der Waals surface area (Å²) < 4.78 is 5.98. The van der Waals surface area contributed by atoms with Crippen molar-refractivity contribution in [2.75, 3.05) is 13.2 Å². The highest BCUT2D eigenvalue weighted by atomic mass is 16.5. The van der Waals surface area contributed by atoms with E-state index in [0.717, 1.165) is 32.3 Å². The summed E-state index contributed by atoms with van der Waals surface area (Å²) in [6, 6.07) is 0.320. The minimum absolute atomic E-state index is 0.0433. The van der Waals surface area contributed by atoms with Crippen LogP contribution in [0.5, 0.6) is 0 Å². The zero-order chi connectivity index (χ0) is 16.1. The van der Waals surface area contributed by atoms with Crippen molar-refractivity contribution in [3.63, 3.8) is 0 Å². The van der Waals surface area contributed by atoms with Crippen molar-refractivity contribution in [1.82, 2.24) is 10.6 Å². The molecule has 1 heterocycles. The Bertz CT molecular complexity index is 477. The number of urea groups is 1. The molecule has 2 amide bonds. The molecule has 1 spiro atoms. The number of rotatable bonds is 3. The van der Waals surface area contributed by atoms with Crippen molar-refractivity contribution < 1.29 is 14.6 Å². The Morgan fingerprint density at radius 2 is 1.96 bits per heavy atom. The molecule has 23 heavy (non-hydrogen) atoms. The van der Waals surface area contributed by atoms with Crippen molar-refractivity contribution in [2.45, 2.75) is 76.5 Å². The number of hydrogen-bond acceptors (Lipinski definition) is 3. The minimum Gasteiger partial charge on any atom is -0.396 e. The van der Waals surface area contributed by atoms with Crippen molar-refractivity contribution in [2.24, 2.45) is 16.7 Å². The van der Waals surface area contributed by atoms with Gasteiger partial charge in [0.25, 0.3) is 0 Å². The Hall–Kier alpha value is -0.810. The molecular formula is C18H30N2O3. The van der Waals surface area contributed by atoms with E-state index in [1.54, 1.807) is 0 Å². The molecule has 0 radical (unpaired) electrons. The Labute approximate surface area is 138 Å². The molecule has 5 heteroatoms. The molecule has 5 unspecified atom stereocenters. The fourth-order valence-corrected chi connectivity index (χ4v) is 5.91. The molecule has 3 aliphatic carbocycles. The highest BCUT2D eigenvalue weighted by molar-refractivity contribution is 5.75. The molecule has 5 atom stereocenters. The van der Waals surface area contributed by atoms with E-state index in [9.17, 15) is 9.90 Å². The summed E-state index contributed by atoms with van der Waals surface area (Å²) >= 11 is 0. The highest BCUT2D eigenvalue weighted by Gasteiger charge is 2.65. The van der Waals surface area contributed by atoms with Crippen LogP contribution in [-0.2, 0) is 4.74 Å². The molecule has 0 aromatic carbocycles. The van der Waals surface area contributed by atoms with Crippen molar-refractivity contribution in [1.29, 1.82) is 0 Å². The van der Waals surface area contributed by atoms with Gasteiger partial charge in [-0.15, -0.1) is 0 Å². The molecular weight excluding hydrogens is 292 g/mol. The smallest absolute Gasteiger partial charge is 0.315 e. The van der Waals surface area contributed by atoms with E-state index in [1.807, 2.05) is 0 Å². The lowest BCUT2D eigenvalue weighted by Crippen LogP contribution is -2.69. The number of nitrogens with one attached hydrogen (secondary N) is 2. The number of hydrogen-bond donors (Lipinski definition) is 3. The van der Waals surface area contributed by atoms with Crippen LogP contribution in [0.25, 0.3) is 0 Å². The Morgan fingerprint density at radius 3 is 2.70 bits per heavy atom. The van der Waals surface area contributed by atoms with Crippen molar-refractivity contribution in [3.05, 3.63) is 0 Å². The standard InChI is InChI=1S/C18H30N2O3/c1-17(11-21)7-4-5-13(17)19-16(22)20-14-12-6-10-23-15(12)18(14)8-2-3-9-18/h12-15,21H,2-11H2,1H3,(H2,19,20,22). The second-order valence-electron chi connectivity index (χ2n) is 8.54. The molecule has 130 valence electrons. The van der Waals surface area contributed by atoms with E-state index in [-0.39, 0.29) is 35.6 Å². The van der Waals surface area contributed by atoms with Gasteiger partial charge in [-0.2, -0.15) is 0 Å². The molecule has 1 aliphatic heterocycles. The number of carbonyl (C=O) groups is 1. The number of carbonyl (C=O) groups excluding carboxylic acids is 1. The normalized spacial score (nSPS) is 44.1. The summed E-state index contributed by atoms with van der Waals surface area (Å²) in [5.41, 5.74) is 0.0372. The van der Waals surface area contributed by atoms with E-state index in [2.05, 4.69) is 17.6 Å². The quantitative estimate of drug-likeness (QED) is 0.746. The Morgan fingerprint density at radius 1 is 1.17 bits per heavy atom. The highest BCUT2D eigenvalue weighted by Crippen LogP contribution is 2.60. The van der Waals surface area contributed by atoms with Crippen molar-refractivity contribution in [3.8, 4) is 0 Å². The predicted octanol–water partition coefficient (Wildman–Crippen LogP) is 2.18. The zero-order valence-corrected chi connectivity index (χ0v) is 14.1. The van der Waals surface area contributed by atoms with Gasteiger partial charge in [-0.25, -0.2) is 4.79 Å². The van der Waals surface area contributed by atoms with Gasteiger partial charge >= 0.3 is 6.03 Å². The molecule has 1 saturated heterocycles. The topological polar surface area (TPSA) is 70.6 Å². The fraction of sp³-hybridized carbons (Fsp3) is 0.944. The first-order chi connectivity index (χ1) is 11.1. The number of aliphatic hydroxyl groups excluding tert-OH is 1. The third-order valence-electron chi connectivity index (χ3n) is 7.32. The number of amides is 2. The second kappa shape index (κ2) is 5.62. The first kappa shape index (κ1) is 15.7. The first-order valence-corrected chi connectivity index (χ1v) is 9.39. The summed E-state index contributed by atoms with van der Waals surface area (Å²) in [6.07, 6.45) is 9.39. The maximum absolute atomic E-state index is 12.6. The molecule has 4 aliphatic rings. The van der Waals surface area contributed by atoms with E-state index in [4.69, 9.17) is 4.74 Å². The van der Waals surface area contributed by atoms with Crippen LogP contribution in [0.15, 0.2) is 0 Å². The first-order valence-electron chi connectivity index (χ1n) is 9.39. The van der Waals surface area contributed by atoms with E-state index < -0.39 is 0 Å². The maximum Gasteiger partial charge on any atom is 0.315 e. The van der Waals surface area contributed by atoms with E-state index in [1.165, 1.54) is 25.7 Å².